The topological polar surface area (TPSA) is 78.9 Å². The van der Waals surface area contributed by atoms with Gasteiger partial charge in [-0.2, -0.15) is 0 Å². The number of carbonyl (C=O) groups excluding carboxylic acids is 3. The first-order chi connectivity index (χ1) is 32.5. The second-order valence-electron chi connectivity index (χ2n) is 19.2. The zero-order chi connectivity index (χ0) is 47.9. The molecule has 0 spiro atoms. The molecule has 0 aliphatic carbocycles. The lowest BCUT2D eigenvalue weighted by atomic mass is 10.0. The molecule has 0 N–H and O–H groups in total. The maximum absolute atomic E-state index is 12.8. The number of hydrogen-bond donors (Lipinski definition) is 0. The van der Waals surface area contributed by atoms with Crippen LogP contribution in [-0.2, 0) is 28.6 Å². The minimum absolute atomic E-state index is 0.0938. The van der Waals surface area contributed by atoms with E-state index in [0.29, 0.717) is 19.3 Å². The molecule has 0 aromatic rings. The number of unbranched alkanes of at least 4 members (excludes halogenated alkanes) is 33. The molecule has 0 aromatic carbocycles. The van der Waals surface area contributed by atoms with E-state index in [0.717, 1.165) is 70.6 Å². The Hall–Kier alpha value is -2.63. The molecule has 1 atom stereocenters. The van der Waals surface area contributed by atoms with E-state index < -0.39 is 6.10 Å². The standard InChI is InChI=1S/C60H108O6/c1-4-7-10-13-16-19-22-25-28-30-32-35-38-41-44-47-50-53-59(62)65-56-57(55-64-58(61)52-49-46-43-40-37-34-27-24-21-18-15-12-9-6-3)66-60(63)54-51-48-45-42-39-36-33-31-29-26-23-20-17-14-11-8-5-2/h25,28,32,34-35,37,41,44,57H,4-24,26-27,29-31,33,36,38-40,42-43,45-56H2,1-3H3/b28-25-,35-32-,37-34-,44-41-. The monoisotopic (exact) mass is 925 g/mol. The van der Waals surface area contributed by atoms with Crippen molar-refractivity contribution in [2.75, 3.05) is 13.2 Å². The highest BCUT2D eigenvalue weighted by Crippen LogP contribution is 2.16. The lowest BCUT2D eigenvalue weighted by molar-refractivity contribution is -0.167. The maximum atomic E-state index is 12.8. The lowest BCUT2D eigenvalue weighted by Gasteiger charge is -2.18. The van der Waals surface area contributed by atoms with Crippen LogP contribution < -0.4 is 0 Å². The SMILES string of the molecule is CCCCCCCC/C=C\C/C=C\C/C=C\CCCC(=O)OCC(COC(=O)CCCCC/C=C\CCCCCCCCC)OC(=O)CCCCCCCCCCCCCCCCCCC. The number of allylic oxidation sites excluding steroid dienone is 8. The van der Waals surface area contributed by atoms with E-state index in [9.17, 15) is 14.4 Å². The number of esters is 3. The number of carbonyl (C=O) groups is 3. The van der Waals surface area contributed by atoms with Crippen molar-refractivity contribution in [3.05, 3.63) is 48.6 Å². The van der Waals surface area contributed by atoms with Gasteiger partial charge in [0, 0.05) is 19.3 Å². The average Bonchev–Trinajstić information content (AvgIpc) is 3.31. The Kier molecular flexibility index (Phi) is 52.8. The number of ether oxygens (including phenoxy) is 3. The summed E-state index contributed by atoms with van der Waals surface area (Å²) in [7, 11) is 0. The van der Waals surface area contributed by atoms with Crippen LogP contribution >= 0.6 is 0 Å². The molecule has 6 nitrogen and oxygen atoms in total. The predicted octanol–water partition coefficient (Wildman–Crippen LogP) is 19.0. The fourth-order valence-corrected chi connectivity index (χ4v) is 8.22. The highest BCUT2D eigenvalue weighted by Gasteiger charge is 2.19. The minimum Gasteiger partial charge on any atom is -0.462 e. The van der Waals surface area contributed by atoms with Crippen LogP contribution in [0.15, 0.2) is 48.6 Å². The molecular weight excluding hydrogens is 817 g/mol. The third kappa shape index (κ3) is 52.3. The van der Waals surface area contributed by atoms with E-state index in [4.69, 9.17) is 14.2 Å². The molecule has 0 amide bonds. The van der Waals surface area contributed by atoms with Crippen LogP contribution in [0.2, 0.25) is 0 Å². The van der Waals surface area contributed by atoms with Crippen molar-refractivity contribution in [1.82, 2.24) is 0 Å². The van der Waals surface area contributed by atoms with Gasteiger partial charge in [-0.3, -0.25) is 14.4 Å². The van der Waals surface area contributed by atoms with Gasteiger partial charge in [0.2, 0.25) is 0 Å². The summed E-state index contributed by atoms with van der Waals surface area (Å²) in [6.07, 6.45) is 66.8. The van der Waals surface area contributed by atoms with Crippen molar-refractivity contribution < 1.29 is 28.6 Å². The molecule has 0 rings (SSSR count). The van der Waals surface area contributed by atoms with E-state index in [2.05, 4.69) is 69.4 Å². The molecule has 0 fully saturated rings. The summed E-state index contributed by atoms with van der Waals surface area (Å²) < 4.78 is 16.8. The first-order valence-electron chi connectivity index (χ1n) is 28.6. The van der Waals surface area contributed by atoms with Crippen LogP contribution in [0.4, 0.5) is 0 Å². The Labute approximate surface area is 409 Å². The van der Waals surface area contributed by atoms with Crippen molar-refractivity contribution in [2.45, 2.75) is 303 Å². The van der Waals surface area contributed by atoms with Gasteiger partial charge in [0.15, 0.2) is 6.10 Å². The summed E-state index contributed by atoms with van der Waals surface area (Å²) >= 11 is 0. The van der Waals surface area contributed by atoms with Crippen molar-refractivity contribution in [2.24, 2.45) is 0 Å². The van der Waals surface area contributed by atoms with Crippen LogP contribution in [0.3, 0.4) is 0 Å². The third-order valence-corrected chi connectivity index (χ3v) is 12.6. The first-order valence-corrected chi connectivity index (χ1v) is 28.6. The number of hydrogen-bond acceptors (Lipinski definition) is 6. The molecule has 6 heteroatoms. The van der Waals surface area contributed by atoms with Crippen LogP contribution in [-0.4, -0.2) is 37.2 Å². The van der Waals surface area contributed by atoms with Gasteiger partial charge >= 0.3 is 17.9 Å². The van der Waals surface area contributed by atoms with Crippen LogP contribution in [0.5, 0.6) is 0 Å². The Morgan fingerprint density at radius 1 is 0.303 bits per heavy atom. The fourth-order valence-electron chi connectivity index (χ4n) is 8.22. The van der Waals surface area contributed by atoms with Crippen molar-refractivity contribution in [3.8, 4) is 0 Å². The normalized spacial score (nSPS) is 12.3. The molecule has 0 saturated carbocycles. The fraction of sp³-hybridized carbons (Fsp3) is 0.817. The lowest BCUT2D eigenvalue weighted by Crippen LogP contribution is -2.30. The second-order valence-corrected chi connectivity index (χ2v) is 19.2. The van der Waals surface area contributed by atoms with Crippen molar-refractivity contribution in [1.29, 1.82) is 0 Å². The summed E-state index contributed by atoms with van der Waals surface area (Å²) in [5.41, 5.74) is 0. The Morgan fingerprint density at radius 2 is 0.561 bits per heavy atom. The average molecular weight is 926 g/mol. The molecule has 0 radical (unpaired) electrons. The quantitative estimate of drug-likeness (QED) is 0.0262. The molecule has 66 heavy (non-hydrogen) atoms. The van der Waals surface area contributed by atoms with Crippen molar-refractivity contribution >= 4 is 17.9 Å². The molecule has 0 heterocycles. The van der Waals surface area contributed by atoms with E-state index >= 15 is 0 Å². The Balaban J connectivity index is 4.43. The highest BCUT2D eigenvalue weighted by molar-refractivity contribution is 5.71. The summed E-state index contributed by atoms with van der Waals surface area (Å²) in [4.78, 5) is 38.1. The molecule has 0 aliphatic heterocycles. The van der Waals surface area contributed by atoms with Gasteiger partial charge in [-0.15, -0.1) is 0 Å². The first kappa shape index (κ1) is 63.4. The van der Waals surface area contributed by atoms with Gasteiger partial charge in [0.25, 0.3) is 0 Å². The van der Waals surface area contributed by atoms with Crippen molar-refractivity contribution in [3.63, 3.8) is 0 Å². The van der Waals surface area contributed by atoms with Gasteiger partial charge in [0.1, 0.15) is 13.2 Å². The predicted molar refractivity (Wildman–Crippen MR) is 284 cm³/mol. The zero-order valence-corrected chi connectivity index (χ0v) is 44.0. The molecule has 0 aromatic heterocycles. The van der Waals surface area contributed by atoms with Gasteiger partial charge in [-0.1, -0.05) is 249 Å². The third-order valence-electron chi connectivity index (χ3n) is 12.6. The van der Waals surface area contributed by atoms with E-state index in [-0.39, 0.29) is 37.5 Å². The molecule has 0 aliphatic rings. The zero-order valence-electron chi connectivity index (χ0n) is 44.0. The van der Waals surface area contributed by atoms with Gasteiger partial charge in [0.05, 0.1) is 0 Å². The minimum atomic E-state index is -0.797. The summed E-state index contributed by atoms with van der Waals surface area (Å²) in [5, 5.41) is 0. The van der Waals surface area contributed by atoms with E-state index in [1.54, 1.807) is 0 Å². The van der Waals surface area contributed by atoms with Gasteiger partial charge in [-0.05, 0) is 77.0 Å². The summed E-state index contributed by atoms with van der Waals surface area (Å²) in [5.74, 6) is -0.948. The van der Waals surface area contributed by atoms with Gasteiger partial charge in [-0.25, -0.2) is 0 Å². The number of rotatable bonds is 52. The van der Waals surface area contributed by atoms with Crippen LogP contribution in [0.25, 0.3) is 0 Å². The Bertz CT molecular complexity index is 1150. The molecule has 0 bridgehead atoms. The summed E-state index contributed by atoms with van der Waals surface area (Å²) in [6.45, 7) is 6.60. The largest absolute Gasteiger partial charge is 0.462 e. The van der Waals surface area contributed by atoms with E-state index in [1.807, 2.05) is 0 Å². The molecular formula is C60H108O6. The maximum Gasteiger partial charge on any atom is 0.306 e. The molecule has 384 valence electrons. The molecule has 1 unspecified atom stereocenters. The highest BCUT2D eigenvalue weighted by atomic mass is 16.6. The van der Waals surface area contributed by atoms with Gasteiger partial charge < -0.3 is 14.2 Å². The van der Waals surface area contributed by atoms with E-state index in [1.165, 1.54) is 180 Å². The smallest absolute Gasteiger partial charge is 0.306 e. The molecule has 0 saturated heterocycles. The Morgan fingerprint density at radius 3 is 0.939 bits per heavy atom. The summed E-state index contributed by atoms with van der Waals surface area (Å²) in [6, 6.07) is 0. The second kappa shape index (κ2) is 55.0. The van der Waals surface area contributed by atoms with Crippen LogP contribution in [0, 0.1) is 0 Å². The van der Waals surface area contributed by atoms with Crippen LogP contribution in [0.1, 0.15) is 297 Å².